The van der Waals surface area contributed by atoms with Crippen molar-refractivity contribution in [3.8, 4) is 0 Å². The van der Waals surface area contributed by atoms with E-state index in [4.69, 9.17) is 5.11 Å². The molecule has 2 nitrogen and oxygen atoms in total. The molecule has 100 valence electrons. The number of aliphatic hydroxyl groups excluding tert-OH is 1. The second-order valence-corrected chi connectivity index (χ2v) is 4.63. The molecule has 0 atom stereocenters. The van der Waals surface area contributed by atoms with Crippen LogP contribution in [-0.2, 0) is 4.79 Å². The van der Waals surface area contributed by atoms with Crippen molar-refractivity contribution in [2.24, 2.45) is 0 Å². The van der Waals surface area contributed by atoms with E-state index in [0.717, 1.165) is 12.8 Å². The van der Waals surface area contributed by atoms with Crippen molar-refractivity contribution < 1.29 is 9.90 Å². The molecule has 0 saturated carbocycles. The van der Waals surface area contributed by atoms with E-state index in [9.17, 15) is 4.79 Å². The number of ketones is 1. The largest absolute Gasteiger partial charge is 0.392 e. The SMILES string of the molecule is CCCCCCCCCCCC(=O)C=CCO. The van der Waals surface area contributed by atoms with Crippen LogP contribution in [0.15, 0.2) is 12.2 Å². The lowest BCUT2D eigenvalue weighted by atomic mass is 10.1. The van der Waals surface area contributed by atoms with Gasteiger partial charge in [-0.05, 0) is 12.5 Å². The summed E-state index contributed by atoms with van der Waals surface area (Å²) in [7, 11) is 0. The molecule has 17 heavy (non-hydrogen) atoms. The van der Waals surface area contributed by atoms with Gasteiger partial charge in [-0.1, -0.05) is 64.4 Å². The number of carbonyl (C=O) groups is 1. The van der Waals surface area contributed by atoms with E-state index in [2.05, 4.69) is 6.92 Å². The molecule has 0 unspecified atom stereocenters. The standard InChI is InChI=1S/C15H28O2/c1-2-3-4-5-6-7-8-9-10-12-15(17)13-11-14-16/h11,13,16H,2-10,12,14H2,1H3. The zero-order valence-electron chi connectivity index (χ0n) is 11.3. The van der Waals surface area contributed by atoms with Gasteiger partial charge in [0.05, 0.1) is 6.61 Å². The monoisotopic (exact) mass is 240 g/mol. The number of carbonyl (C=O) groups excluding carboxylic acids is 1. The molecule has 1 N–H and O–H groups in total. The molecule has 0 aromatic heterocycles. The molecule has 0 bridgehead atoms. The van der Waals surface area contributed by atoms with Crippen LogP contribution in [0.25, 0.3) is 0 Å². The summed E-state index contributed by atoms with van der Waals surface area (Å²) in [5.74, 6) is 0.141. The van der Waals surface area contributed by atoms with Crippen LogP contribution >= 0.6 is 0 Å². The number of unbranched alkanes of at least 4 members (excludes halogenated alkanes) is 8. The van der Waals surface area contributed by atoms with E-state index < -0.39 is 0 Å². The van der Waals surface area contributed by atoms with E-state index >= 15 is 0 Å². The fourth-order valence-corrected chi connectivity index (χ4v) is 1.88. The lowest BCUT2D eigenvalue weighted by molar-refractivity contribution is -0.114. The zero-order chi connectivity index (χ0) is 12.8. The fraction of sp³-hybridized carbons (Fsp3) is 0.800. The molecule has 0 aliphatic rings. The summed E-state index contributed by atoms with van der Waals surface area (Å²) in [6.45, 7) is 2.20. The lowest BCUT2D eigenvalue weighted by Gasteiger charge is -2.00. The van der Waals surface area contributed by atoms with E-state index in [0.29, 0.717) is 6.42 Å². The van der Waals surface area contributed by atoms with Gasteiger partial charge in [-0.2, -0.15) is 0 Å². The molecule has 0 saturated heterocycles. The molecule has 0 aromatic carbocycles. The minimum Gasteiger partial charge on any atom is -0.392 e. The van der Waals surface area contributed by atoms with Gasteiger partial charge in [-0.25, -0.2) is 0 Å². The molecule has 0 aromatic rings. The highest BCUT2D eigenvalue weighted by molar-refractivity contribution is 5.89. The fourth-order valence-electron chi connectivity index (χ4n) is 1.88. The van der Waals surface area contributed by atoms with Crippen molar-refractivity contribution >= 4 is 5.78 Å². The quantitative estimate of drug-likeness (QED) is 0.413. The first-order chi connectivity index (χ1) is 8.31. The van der Waals surface area contributed by atoms with Crippen LogP contribution in [0.5, 0.6) is 0 Å². The van der Waals surface area contributed by atoms with Gasteiger partial charge in [0.25, 0.3) is 0 Å². The minimum absolute atomic E-state index is 0.0382. The summed E-state index contributed by atoms with van der Waals surface area (Å²) in [6, 6.07) is 0. The van der Waals surface area contributed by atoms with Gasteiger partial charge < -0.3 is 5.11 Å². The Hall–Kier alpha value is -0.630. The minimum atomic E-state index is -0.0382. The number of hydrogen-bond acceptors (Lipinski definition) is 2. The molecular weight excluding hydrogens is 212 g/mol. The summed E-state index contributed by atoms with van der Waals surface area (Å²) in [5.41, 5.74) is 0. The van der Waals surface area contributed by atoms with Crippen molar-refractivity contribution in [3.05, 3.63) is 12.2 Å². The first-order valence-electron chi connectivity index (χ1n) is 7.11. The van der Waals surface area contributed by atoms with Crippen molar-refractivity contribution in [3.63, 3.8) is 0 Å². The maximum atomic E-state index is 11.2. The summed E-state index contributed by atoms with van der Waals surface area (Å²) < 4.78 is 0. The smallest absolute Gasteiger partial charge is 0.155 e. The first kappa shape index (κ1) is 16.4. The Morgan fingerprint density at radius 2 is 1.47 bits per heavy atom. The summed E-state index contributed by atoms with van der Waals surface area (Å²) >= 11 is 0. The molecule has 0 amide bonds. The van der Waals surface area contributed by atoms with Gasteiger partial charge >= 0.3 is 0 Å². The van der Waals surface area contributed by atoms with Crippen molar-refractivity contribution in [1.82, 2.24) is 0 Å². The highest BCUT2D eigenvalue weighted by Crippen LogP contribution is 2.10. The maximum Gasteiger partial charge on any atom is 0.155 e. The topological polar surface area (TPSA) is 37.3 Å². The van der Waals surface area contributed by atoms with Gasteiger partial charge in [-0.15, -0.1) is 0 Å². The third-order valence-electron chi connectivity index (χ3n) is 2.94. The van der Waals surface area contributed by atoms with E-state index in [1.807, 2.05) is 0 Å². The molecule has 0 fully saturated rings. The molecule has 0 rings (SSSR count). The number of aliphatic hydroxyl groups is 1. The van der Waals surface area contributed by atoms with E-state index in [-0.39, 0.29) is 12.4 Å². The summed E-state index contributed by atoms with van der Waals surface area (Å²) in [6.07, 6.45) is 15.1. The van der Waals surface area contributed by atoms with Gasteiger partial charge in [0.15, 0.2) is 5.78 Å². The van der Waals surface area contributed by atoms with Gasteiger partial charge in [0.2, 0.25) is 0 Å². The number of hydrogen-bond donors (Lipinski definition) is 1. The third kappa shape index (κ3) is 13.3. The van der Waals surface area contributed by atoms with Crippen LogP contribution in [0.1, 0.15) is 71.1 Å². The second kappa shape index (κ2) is 13.4. The Morgan fingerprint density at radius 3 is 2.00 bits per heavy atom. The molecule has 0 aliphatic carbocycles. The first-order valence-corrected chi connectivity index (χ1v) is 7.11. The highest BCUT2D eigenvalue weighted by atomic mass is 16.2. The molecule has 0 spiro atoms. The predicted molar refractivity (Wildman–Crippen MR) is 73.1 cm³/mol. The molecular formula is C15H28O2. The Morgan fingerprint density at radius 1 is 0.941 bits per heavy atom. The lowest BCUT2D eigenvalue weighted by Crippen LogP contribution is -1.93. The van der Waals surface area contributed by atoms with Crippen LogP contribution in [0.2, 0.25) is 0 Å². The molecule has 2 heteroatoms. The number of rotatable bonds is 12. The van der Waals surface area contributed by atoms with Gasteiger partial charge in [0.1, 0.15) is 0 Å². The van der Waals surface area contributed by atoms with Crippen LogP contribution in [-0.4, -0.2) is 17.5 Å². The zero-order valence-corrected chi connectivity index (χ0v) is 11.3. The van der Waals surface area contributed by atoms with Crippen molar-refractivity contribution in [2.75, 3.05) is 6.61 Å². The highest BCUT2D eigenvalue weighted by Gasteiger charge is 1.96. The number of allylic oxidation sites excluding steroid dienone is 1. The van der Waals surface area contributed by atoms with E-state index in [1.165, 1.54) is 57.1 Å². The normalized spacial score (nSPS) is 11.2. The van der Waals surface area contributed by atoms with Gasteiger partial charge in [0, 0.05) is 6.42 Å². The third-order valence-corrected chi connectivity index (χ3v) is 2.94. The van der Waals surface area contributed by atoms with Gasteiger partial charge in [-0.3, -0.25) is 4.79 Å². The maximum absolute atomic E-state index is 11.2. The summed E-state index contributed by atoms with van der Waals surface area (Å²) in [4.78, 5) is 11.2. The Kier molecular flexibility index (Phi) is 12.9. The van der Waals surface area contributed by atoms with Crippen molar-refractivity contribution in [2.45, 2.75) is 71.1 Å². The Balaban J connectivity index is 3.13. The summed E-state index contributed by atoms with van der Waals surface area (Å²) in [5, 5.41) is 8.51. The van der Waals surface area contributed by atoms with Crippen LogP contribution < -0.4 is 0 Å². The van der Waals surface area contributed by atoms with Crippen LogP contribution in [0.4, 0.5) is 0 Å². The van der Waals surface area contributed by atoms with E-state index in [1.54, 1.807) is 0 Å². The van der Waals surface area contributed by atoms with Crippen molar-refractivity contribution in [1.29, 1.82) is 0 Å². The Bertz CT molecular complexity index is 197. The Labute approximate surface area is 106 Å². The van der Waals surface area contributed by atoms with Crippen LogP contribution in [0, 0.1) is 0 Å². The predicted octanol–water partition coefficient (Wildman–Crippen LogP) is 4.02. The molecule has 0 heterocycles. The molecule has 0 aliphatic heterocycles. The average molecular weight is 240 g/mol. The average Bonchev–Trinajstić information content (AvgIpc) is 2.34. The van der Waals surface area contributed by atoms with Crippen LogP contribution in [0.3, 0.4) is 0 Å². The molecule has 0 radical (unpaired) electrons. The second-order valence-electron chi connectivity index (χ2n) is 4.63.